The van der Waals surface area contributed by atoms with Gasteiger partial charge in [-0.05, 0) is 6.07 Å². The molecule has 0 bridgehead atoms. The number of phenols is 1. The first kappa shape index (κ1) is 9.45. The molecule has 6 heteroatoms. The second-order valence-electron chi connectivity index (χ2n) is 2.99. The van der Waals surface area contributed by atoms with E-state index in [1.807, 2.05) is 0 Å². The zero-order valence-corrected chi connectivity index (χ0v) is 7.71. The number of hydrogen-bond donors (Lipinski definition) is 1. The zero-order valence-electron chi connectivity index (χ0n) is 7.71. The highest BCUT2D eigenvalue weighted by Gasteiger charge is 2.17. The summed E-state index contributed by atoms with van der Waals surface area (Å²) >= 11 is 0. The van der Waals surface area contributed by atoms with Crippen molar-refractivity contribution in [2.75, 3.05) is 13.2 Å². The summed E-state index contributed by atoms with van der Waals surface area (Å²) in [5.41, 5.74) is 0.230. The van der Waals surface area contributed by atoms with E-state index in [1.165, 1.54) is 12.1 Å². The molecular formula is C9H8N2O4. The number of aliphatic imine (C=N–C) groups is 1. The van der Waals surface area contributed by atoms with Gasteiger partial charge in [0.1, 0.15) is 12.4 Å². The van der Waals surface area contributed by atoms with Crippen LogP contribution in [0.3, 0.4) is 0 Å². The molecule has 1 aliphatic rings. The van der Waals surface area contributed by atoms with Gasteiger partial charge in [-0.15, -0.1) is 0 Å². The molecule has 0 aromatic heterocycles. The molecule has 6 nitrogen and oxygen atoms in total. The lowest BCUT2D eigenvalue weighted by Crippen LogP contribution is -2.01. The standard InChI is InChI=1S/C9H8N2O4/c12-8-5-6(11(13)14)1-2-7(8)9-10-3-4-15-9/h1-2,5,12H,3-4H2. The lowest BCUT2D eigenvalue weighted by atomic mass is 10.2. The topological polar surface area (TPSA) is 85.0 Å². The van der Waals surface area contributed by atoms with Gasteiger partial charge in [0.25, 0.3) is 5.69 Å². The SMILES string of the molecule is O=[N+]([O-])c1ccc(C2=NCCO2)c(O)c1. The number of rotatable bonds is 2. The molecule has 78 valence electrons. The van der Waals surface area contributed by atoms with Crippen molar-refractivity contribution in [3.63, 3.8) is 0 Å². The van der Waals surface area contributed by atoms with E-state index in [4.69, 9.17) is 4.74 Å². The van der Waals surface area contributed by atoms with Crippen molar-refractivity contribution < 1.29 is 14.8 Å². The van der Waals surface area contributed by atoms with E-state index >= 15 is 0 Å². The van der Waals surface area contributed by atoms with Crippen LogP contribution < -0.4 is 0 Å². The van der Waals surface area contributed by atoms with Gasteiger partial charge in [-0.2, -0.15) is 0 Å². The highest BCUT2D eigenvalue weighted by molar-refractivity contribution is 5.97. The second-order valence-corrected chi connectivity index (χ2v) is 2.99. The molecule has 0 aliphatic carbocycles. The molecule has 2 rings (SSSR count). The number of benzene rings is 1. The maximum absolute atomic E-state index is 10.4. The van der Waals surface area contributed by atoms with Crippen LogP contribution >= 0.6 is 0 Å². The average Bonchev–Trinajstić information content (AvgIpc) is 2.70. The Morgan fingerprint density at radius 3 is 2.87 bits per heavy atom. The van der Waals surface area contributed by atoms with E-state index in [-0.39, 0.29) is 11.4 Å². The van der Waals surface area contributed by atoms with Crippen LogP contribution in [-0.2, 0) is 4.74 Å². The van der Waals surface area contributed by atoms with Gasteiger partial charge in [0.2, 0.25) is 5.90 Å². The van der Waals surface area contributed by atoms with Gasteiger partial charge in [0.05, 0.1) is 23.1 Å². The van der Waals surface area contributed by atoms with Gasteiger partial charge in [-0.25, -0.2) is 4.99 Å². The summed E-state index contributed by atoms with van der Waals surface area (Å²) in [7, 11) is 0. The van der Waals surface area contributed by atoms with E-state index in [0.717, 1.165) is 6.07 Å². The fourth-order valence-corrected chi connectivity index (χ4v) is 1.31. The molecule has 1 N–H and O–H groups in total. The normalized spacial score (nSPS) is 14.5. The largest absolute Gasteiger partial charge is 0.507 e. The van der Waals surface area contributed by atoms with E-state index < -0.39 is 4.92 Å². The molecule has 0 unspecified atom stereocenters. The Morgan fingerprint density at radius 1 is 1.53 bits per heavy atom. The molecule has 0 saturated heterocycles. The van der Waals surface area contributed by atoms with Crippen molar-refractivity contribution in [1.82, 2.24) is 0 Å². The Morgan fingerprint density at radius 2 is 2.33 bits per heavy atom. The summed E-state index contributed by atoms with van der Waals surface area (Å²) in [4.78, 5) is 13.9. The molecule has 1 heterocycles. The van der Waals surface area contributed by atoms with Crippen molar-refractivity contribution >= 4 is 11.6 Å². The first-order valence-corrected chi connectivity index (χ1v) is 4.33. The molecule has 15 heavy (non-hydrogen) atoms. The Hall–Kier alpha value is -2.11. The number of nitro groups is 1. The van der Waals surface area contributed by atoms with Crippen LogP contribution in [-0.4, -0.2) is 29.1 Å². The highest BCUT2D eigenvalue weighted by Crippen LogP contribution is 2.25. The first-order chi connectivity index (χ1) is 7.18. The summed E-state index contributed by atoms with van der Waals surface area (Å²) in [5, 5.41) is 20.0. The highest BCUT2D eigenvalue weighted by atomic mass is 16.6. The Balaban J connectivity index is 2.38. The van der Waals surface area contributed by atoms with Gasteiger partial charge >= 0.3 is 0 Å². The van der Waals surface area contributed by atoms with Crippen LogP contribution in [0, 0.1) is 10.1 Å². The van der Waals surface area contributed by atoms with Crippen LogP contribution in [0.2, 0.25) is 0 Å². The van der Waals surface area contributed by atoms with Crippen molar-refractivity contribution in [2.24, 2.45) is 4.99 Å². The Bertz CT molecular complexity index is 442. The van der Waals surface area contributed by atoms with Crippen LogP contribution in [0.4, 0.5) is 5.69 Å². The molecule has 1 aromatic carbocycles. The molecular weight excluding hydrogens is 200 g/mol. The van der Waals surface area contributed by atoms with Crippen molar-refractivity contribution in [3.8, 4) is 5.75 Å². The molecule has 0 amide bonds. The number of hydrogen-bond acceptors (Lipinski definition) is 5. The maximum atomic E-state index is 10.4. The third-order valence-corrected chi connectivity index (χ3v) is 2.01. The maximum Gasteiger partial charge on any atom is 0.273 e. The number of non-ortho nitro benzene ring substituents is 1. The molecule has 0 fully saturated rings. The third kappa shape index (κ3) is 1.74. The number of ether oxygens (including phenoxy) is 1. The van der Waals surface area contributed by atoms with Gasteiger partial charge in [-0.1, -0.05) is 0 Å². The van der Waals surface area contributed by atoms with Gasteiger partial charge < -0.3 is 9.84 Å². The lowest BCUT2D eigenvalue weighted by molar-refractivity contribution is -0.384. The average molecular weight is 208 g/mol. The number of aromatic hydroxyl groups is 1. The van der Waals surface area contributed by atoms with E-state index in [0.29, 0.717) is 24.6 Å². The predicted molar refractivity (Wildman–Crippen MR) is 52.1 cm³/mol. The Labute approximate surface area is 85.0 Å². The quantitative estimate of drug-likeness (QED) is 0.582. The Kier molecular flexibility index (Phi) is 2.24. The molecule has 0 atom stereocenters. The number of phenolic OH excluding ortho intramolecular Hbond substituents is 1. The van der Waals surface area contributed by atoms with E-state index in [1.54, 1.807) is 0 Å². The van der Waals surface area contributed by atoms with Crippen LogP contribution in [0.25, 0.3) is 0 Å². The summed E-state index contributed by atoms with van der Waals surface area (Å²) in [6.07, 6.45) is 0. The summed E-state index contributed by atoms with van der Waals surface area (Å²) in [6, 6.07) is 3.82. The van der Waals surface area contributed by atoms with Gasteiger partial charge in [-0.3, -0.25) is 10.1 Å². The molecule has 0 radical (unpaired) electrons. The van der Waals surface area contributed by atoms with Crippen molar-refractivity contribution in [3.05, 3.63) is 33.9 Å². The number of nitro benzene ring substituents is 1. The minimum Gasteiger partial charge on any atom is -0.507 e. The van der Waals surface area contributed by atoms with Gasteiger partial charge in [0.15, 0.2) is 0 Å². The third-order valence-electron chi connectivity index (χ3n) is 2.01. The van der Waals surface area contributed by atoms with Crippen LogP contribution in [0.1, 0.15) is 5.56 Å². The fourth-order valence-electron chi connectivity index (χ4n) is 1.31. The monoisotopic (exact) mass is 208 g/mol. The summed E-state index contributed by atoms with van der Waals surface area (Å²) in [6.45, 7) is 1.03. The fraction of sp³-hybridized carbons (Fsp3) is 0.222. The molecule has 0 spiro atoms. The second kappa shape index (κ2) is 3.56. The minimum atomic E-state index is -0.569. The van der Waals surface area contributed by atoms with Gasteiger partial charge in [0, 0.05) is 6.07 Å². The van der Waals surface area contributed by atoms with Crippen molar-refractivity contribution in [1.29, 1.82) is 0 Å². The van der Waals surface area contributed by atoms with Crippen LogP contribution in [0.5, 0.6) is 5.75 Å². The molecule has 1 aliphatic heterocycles. The molecule has 1 aromatic rings. The van der Waals surface area contributed by atoms with E-state index in [2.05, 4.69) is 4.99 Å². The van der Waals surface area contributed by atoms with E-state index in [9.17, 15) is 15.2 Å². The lowest BCUT2D eigenvalue weighted by Gasteiger charge is -2.03. The van der Waals surface area contributed by atoms with Crippen molar-refractivity contribution in [2.45, 2.75) is 0 Å². The smallest absolute Gasteiger partial charge is 0.273 e. The number of nitrogens with zero attached hydrogens (tertiary/aromatic N) is 2. The minimum absolute atomic E-state index is 0.158. The summed E-state index contributed by atoms with van der Waals surface area (Å²) in [5.74, 6) is 0.146. The first-order valence-electron chi connectivity index (χ1n) is 4.33. The predicted octanol–water partition coefficient (Wildman–Crippen LogP) is 1.08. The van der Waals surface area contributed by atoms with Crippen LogP contribution in [0.15, 0.2) is 23.2 Å². The summed E-state index contributed by atoms with van der Waals surface area (Å²) < 4.78 is 5.14. The molecule has 0 saturated carbocycles. The zero-order chi connectivity index (χ0) is 10.8.